The summed E-state index contributed by atoms with van der Waals surface area (Å²) < 4.78 is 10.4. The third-order valence-electron chi connectivity index (χ3n) is 5.37. The van der Waals surface area contributed by atoms with Crippen LogP contribution < -0.4 is 4.74 Å². The fourth-order valence-corrected chi connectivity index (χ4v) is 4.80. The highest BCUT2D eigenvalue weighted by molar-refractivity contribution is 5.91. The van der Waals surface area contributed by atoms with Crippen molar-refractivity contribution < 1.29 is 19.1 Å². The van der Waals surface area contributed by atoms with E-state index in [1.807, 2.05) is 4.90 Å². The van der Waals surface area contributed by atoms with Crippen molar-refractivity contribution in [2.24, 2.45) is 10.8 Å². The molecule has 2 bridgehead atoms. The van der Waals surface area contributed by atoms with Gasteiger partial charge in [-0.2, -0.15) is 0 Å². The average molecular weight is 345 g/mol. The van der Waals surface area contributed by atoms with Crippen LogP contribution in [0.25, 0.3) is 0 Å². The number of amides is 1. The van der Waals surface area contributed by atoms with Crippen LogP contribution in [-0.2, 0) is 9.53 Å². The van der Waals surface area contributed by atoms with Crippen molar-refractivity contribution in [3.05, 3.63) is 29.8 Å². The fraction of sp³-hybridized carbons (Fsp3) is 0.600. The SMILES string of the molecule is COc1cccc(C(=O)OCC(=O)N2C[C@@]3(C)C[C@@H]2CC(C)(C)C3)c1. The van der Waals surface area contributed by atoms with Gasteiger partial charge in [0.25, 0.3) is 5.91 Å². The number of rotatable bonds is 4. The Labute approximate surface area is 149 Å². The molecule has 2 fully saturated rings. The Hall–Kier alpha value is -2.04. The third kappa shape index (κ3) is 3.80. The predicted octanol–water partition coefficient (Wildman–Crippen LogP) is 3.28. The van der Waals surface area contributed by atoms with E-state index in [4.69, 9.17) is 9.47 Å². The molecule has 0 radical (unpaired) electrons. The summed E-state index contributed by atoms with van der Waals surface area (Å²) in [4.78, 5) is 26.7. The maximum atomic E-state index is 12.6. The van der Waals surface area contributed by atoms with Gasteiger partial charge >= 0.3 is 5.97 Å². The molecule has 25 heavy (non-hydrogen) atoms. The molecule has 136 valence electrons. The van der Waals surface area contributed by atoms with Gasteiger partial charge < -0.3 is 14.4 Å². The number of likely N-dealkylation sites (tertiary alicyclic amines) is 1. The highest BCUT2D eigenvalue weighted by Crippen LogP contribution is 2.52. The first-order chi connectivity index (χ1) is 11.7. The van der Waals surface area contributed by atoms with Crippen LogP contribution in [0.5, 0.6) is 5.75 Å². The normalized spacial score (nSPS) is 27.0. The topological polar surface area (TPSA) is 55.8 Å². The van der Waals surface area contributed by atoms with E-state index < -0.39 is 5.97 Å². The summed E-state index contributed by atoms with van der Waals surface area (Å²) in [5, 5.41) is 0. The lowest BCUT2D eigenvalue weighted by atomic mass is 9.65. The smallest absolute Gasteiger partial charge is 0.338 e. The molecule has 2 aliphatic rings. The van der Waals surface area contributed by atoms with Crippen molar-refractivity contribution in [2.45, 2.75) is 46.1 Å². The fourth-order valence-electron chi connectivity index (χ4n) is 4.80. The highest BCUT2D eigenvalue weighted by atomic mass is 16.5. The summed E-state index contributed by atoms with van der Waals surface area (Å²) in [6, 6.07) is 7.01. The minimum absolute atomic E-state index is 0.0947. The number of esters is 1. The van der Waals surface area contributed by atoms with Crippen LogP contribution in [0.4, 0.5) is 0 Å². The zero-order chi connectivity index (χ0) is 18.2. The molecule has 1 aromatic rings. The number of methoxy groups -OCH3 is 1. The molecule has 1 heterocycles. The largest absolute Gasteiger partial charge is 0.497 e. The second-order valence-electron chi connectivity index (χ2n) is 8.54. The van der Waals surface area contributed by atoms with E-state index >= 15 is 0 Å². The molecule has 0 unspecified atom stereocenters. The van der Waals surface area contributed by atoms with Gasteiger partial charge in [-0.15, -0.1) is 0 Å². The maximum Gasteiger partial charge on any atom is 0.338 e. The molecular formula is C20H27NO4. The van der Waals surface area contributed by atoms with Gasteiger partial charge in [-0.25, -0.2) is 4.79 Å². The number of fused-ring (bicyclic) bond motifs is 2. The van der Waals surface area contributed by atoms with E-state index in [1.165, 1.54) is 0 Å². The summed E-state index contributed by atoms with van der Waals surface area (Å²) >= 11 is 0. The monoisotopic (exact) mass is 345 g/mol. The highest BCUT2D eigenvalue weighted by Gasteiger charge is 2.50. The van der Waals surface area contributed by atoms with Crippen molar-refractivity contribution in [3.8, 4) is 5.75 Å². The lowest BCUT2D eigenvalue weighted by Gasteiger charge is -2.39. The molecule has 0 N–H and O–H groups in total. The van der Waals surface area contributed by atoms with Crippen molar-refractivity contribution >= 4 is 11.9 Å². The van der Waals surface area contributed by atoms with E-state index in [0.717, 1.165) is 25.8 Å². The zero-order valence-corrected chi connectivity index (χ0v) is 15.5. The Morgan fingerprint density at radius 2 is 2.00 bits per heavy atom. The molecule has 0 aromatic heterocycles. The van der Waals surface area contributed by atoms with Crippen LogP contribution in [0.3, 0.4) is 0 Å². The molecule has 1 saturated heterocycles. The number of carbonyl (C=O) groups excluding carboxylic acids is 2. The van der Waals surface area contributed by atoms with E-state index in [2.05, 4.69) is 20.8 Å². The van der Waals surface area contributed by atoms with Gasteiger partial charge in [-0.1, -0.05) is 26.8 Å². The molecule has 1 aliphatic carbocycles. The summed E-state index contributed by atoms with van der Waals surface area (Å²) in [5.41, 5.74) is 0.823. The lowest BCUT2D eigenvalue weighted by Crippen LogP contribution is -2.39. The van der Waals surface area contributed by atoms with Crippen LogP contribution in [0.15, 0.2) is 24.3 Å². The third-order valence-corrected chi connectivity index (χ3v) is 5.37. The molecule has 0 spiro atoms. The Morgan fingerprint density at radius 1 is 1.24 bits per heavy atom. The van der Waals surface area contributed by atoms with Gasteiger partial charge in [0.2, 0.25) is 0 Å². The predicted molar refractivity (Wildman–Crippen MR) is 94.5 cm³/mol. The van der Waals surface area contributed by atoms with Crippen LogP contribution in [0.1, 0.15) is 50.4 Å². The Kier molecular flexibility index (Phi) is 4.52. The summed E-state index contributed by atoms with van der Waals surface area (Å²) in [5.74, 6) is -0.00657. The van der Waals surface area contributed by atoms with Crippen LogP contribution in [0.2, 0.25) is 0 Å². The molecule has 1 amide bonds. The van der Waals surface area contributed by atoms with E-state index in [1.54, 1.807) is 31.4 Å². The quantitative estimate of drug-likeness (QED) is 0.786. The van der Waals surface area contributed by atoms with Crippen molar-refractivity contribution in [1.29, 1.82) is 0 Å². The summed E-state index contributed by atoms with van der Waals surface area (Å²) in [6.45, 7) is 7.36. The van der Waals surface area contributed by atoms with Gasteiger partial charge in [0.15, 0.2) is 6.61 Å². The van der Waals surface area contributed by atoms with E-state index in [9.17, 15) is 9.59 Å². The van der Waals surface area contributed by atoms with Crippen LogP contribution in [0, 0.1) is 10.8 Å². The Bertz CT molecular complexity index is 684. The number of nitrogens with zero attached hydrogens (tertiary/aromatic N) is 1. The second-order valence-corrected chi connectivity index (χ2v) is 8.54. The van der Waals surface area contributed by atoms with Crippen molar-refractivity contribution in [2.75, 3.05) is 20.3 Å². The van der Waals surface area contributed by atoms with E-state index in [-0.39, 0.29) is 29.4 Å². The van der Waals surface area contributed by atoms with E-state index in [0.29, 0.717) is 11.3 Å². The number of carbonyl (C=O) groups is 2. The van der Waals surface area contributed by atoms with Gasteiger partial charge in [0, 0.05) is 12.6 Å². The molecule has 5 nitrogen and oxygen atoms in total. The molecule has 2 atom stereocenters. The van der Waals surface area contributed by atoms with Crippen LogP contribution in [-0.4, -0.2) is 43.1 Å². The first kappa shape index (κ1) is 17.8. The van der Waals surface area contributed by atoms with Crippen molar-refractivity contribution in [1.82, 2.24) is 4.90 Å². The van der Waals surface area contributed by atoms with Gasteiger partial charge in [0.1, 0.15) is 5.75 Å². The molecule has 1 aromatic carbocycles. The zero-order valence-electron chi connectivity index (χ0n) is 15.5. The Morgan fingerprint density at radius 3 is 2.72 bits per heavy atom. The van der Waals surface area contributed by atoms with Gasteiger partial charge in [0.05, 0.1) is 12.7 Å². The molecular weight excluding hydrogens is 318 g/mol. The minimum atomic E-state index is -0.499. The van der Waals surface area contributed by atoms with Gasteiger partial charge in [-0.05, 0) is 48.3 Å². The number of hydrogen-bond donors (Lipinski definition) is 0. The summed E-state index contributed by atoms with van der Waals surface area (Å²) in [7, 11) is 1.54. The summed E-state index contributed by atoms with van der Waals surface area (Å²) in [6.07, 6.45) is 3.19. The molecule has 1 aliphatic heterocycles. The Balaban J connectivity index is 1.60. The standard InChI is InChI=1S/C20H27NO4/c1-19(2)9-15-10-20(3,12-19)13-21(15)17(22)11-25-18(23)14-6-5-7-16(8-14)24-4/h5-8,15H,9-13H2,1-4H3/t15-,20-/m0/s1. The first-order valence-electron chi connectivity index (χ1n) is 8.82. The average Bonchev–Trinajstić information content (AvgIpc) is 2.81. The minimum Gasteiger partial charge on any atom is -0.497 e. The molecule has 3 rings (SSSR count). The number of benzene rings is 1. The maximum absolute atomic E-state index is 12.6. The molecule has 5 heteroatoms. The van der Waals surface area contributed by atoms with Crippen molar-refractivity contribution in [3.63, 3.8) is 0 Å². The number of ether oxygens (including phenoxy) is 2. The van der Waals surface area contributed by atoms with Crippen LogP contribution >= 0.6 is 0 Å². The lowest BCUT2D eigenvalue weighted by molar-refractivity contribution is -0.135. The number of hydrogen-bond acceptors (Lipinski definition) is 4. The second kappa shape index (κ2) is 6.36. The first-order valence-corrected chi connectivity index (χ1v) is 8.82. The molecule has 1 saturated carbocycles. The van der Waals surface area contributed by atoms with Gasteiger partial charge in [-0.3, -0.25) is 4.79 Å².